The van der Waals surface area contributed by atoms with E-state index in [1.807, 2.05) is 23.2 Å². The van der Waals surface area contributed by atoms with Crippen LogP contribution in [0.1, 0.15) is 31.4 Å². The zero-order valence-corrected chi connectivity index (χ0v) is 17.5. The number of rotatable bonds is 8. The number of nitrogens with two attached hydrogens (primary N) is 2. The Kier molecular flexibility index (Phi) is 6.62. The monoisotopic (exact) mass is 408 g/mol. The fraction of sp³-hybridized carbons (Fsp3) is 0.478. The van der Waals surface area contributed by atoms with E-state index in [1.54, 1.807) is 0 Å². The van der Waals surface area contributed by atoms with Crippen molar-refractivity contribution >= 4 is 27.7 Å². The number of unbranched alkanes of at least 4 members (excludes halogenated alkanes) is 1. The van der Waals surface area contributed by atoms with Gasteiger partial charge in [-0.1, -0.05) is 18.2 Å². The van der Waals surface area contributed by atoms with E-state index >= 15 is 0 Å². The molecule has 0 atom stereocenters. The minimum Gasteiger partial charge on any atom is -0.341 e. The van der Waals surface area contributed by atoms with E-state index in [4.69, 9.17) is 11.5 Å². The van der Waals surface area contributed by atoms with Gasteiger partial charge in [-0.3, -0.25) is 9.78 Å². The van der Waals surface area contributed by atoms with Crippen LogP contribution in [0.25, 0.3) is 21.8 Å². The normalized spacial score (nSPS) is 15.3. The molecule has 5 N–H and O–H groups in total. The van der Waals surface area contributed by atoms with Crippen molar-refractivity contribution in [3.63, 3.8) is 0 Å². The highest BCUT2D eigenvalue weighted by molar-refractivity contribution is 6.09. The van der Waals surface area contributed by atoms with E-state index in [0.717, 1.165) is 72.8 Å². The molecule has 0 spiro atoms. The zero-order valence-electron chi connectivity index (χ0n) is 17.5. The molecule has 1 fully saturated rings. The van der Waals surface area contributed by atoms with E-state index < -0.39 is 0 Å². The highest BCUT2D eigenvalue weighted by Gasteiger charge is 2.23. The van der Waals surface area contributed by atoms with Crippen molar-refractivity contribution in [3.05, 3.63) is 42.2 Å². The molecule has 3 heterocycles. The Morgan fingerprint density at radius 2 is 1.93 bits per heavy atom. The number of hydrogen-bond donors (Lipinski definition) is 3. The number of nitrogens with one attached hydrogen (secondary N) is 1. The van der Waals surface area contributed by atoms with Crippen molar-refractivity contribution in [1.82, 2.24) is 19.8 Å². The molecule has 1 aliphatic heterocycles. The molecule has 7 nitrogen and oxygen atoms in total. The van der Waals surface area contributed by atoms with Crippen LogP contribution in [0, 0.1) is 0 Å². The number of benzene rings is 1. The van der Waals surface area contributed by atoms with Crippen LogP contribution in [-0.2, 0) is 17.9 Å². The summed E-state index contributed by atoms with van der Waals surface area (Å²) in [6.45, 7) is 4.10. The summed E-state index contributed by atoms with van der Waals surface area (Å²) in [5, 5.41) is 5.79. The third kappa shape index (κ3) is 4.33. The first-order valence-corrected chi connectivity index (χ1v) is 11.0. The van der Waals surface area contributed by atoms with Gasteiger partial charge in [0.1, 0.15) is 6.54 Å². The van der Waals surface area contributed by atoms with Gasteiger partial charge in [-0.15, -0.1) is 0 Å². The number of piperidine rings is 1. The van der Waals surface area contributed by atoms with Crippen LogP contribution in [0.5, 0.6) is 0 Å². The molecule has 0 saturated carbocycles. The fourth-order valence-electron chi connectivity index (χ4n) is 4.35. The number of amides is 1. The SMILES string of the molecule is NCCCCNCc1nccc2c3ccccc3n(CC(=O)N3CCC(N)CC3)c12. The number of para-hydroxylation sites is 1. The largest absolute Gasteiger partial charge is 0.341 e. The molecular formula is C23H32N6O. The second-order valence-corrected chi connectivity index (χ2v) is 8.15. The second kappa shape index (κ2) is 9.55. The predicted molar refractivity (Wildman–Crippen MR) is 121 cm³/mol. The summed E-state index contributed by atoms with van der Waals surface area (Å²) in [5.74, 6) is 0.148. The summed E-state index contributed by atoms with van der Waals surface area (Å²) in [6.07, 6.45) is 5.67. The first kappa shape index (κ1) is 20.8. The summed E-state index contributed by atoms with van der Waals surface area (Å²) in [6, 6.07) is 10.6. The molecule has 0 radical (unpaired) electrons. The number of nitrogens with zero attached hydrogens (tertiary/aromatic N) is 3. The summed E-state index contributed by atoms with van der Waals surface area (Å²) in [4.78, 5) is 19.7. The topological polar surface area (TPSA) is 102 Å². The van der Waals surface area contributed by atoms with E-state index in [9.17, 15) is 4.79 Å². The Morgan fingerprint density at radius 1 is 1.13 bits per heavy atom. The predicted octanol–water partition coefficient (Wildman–Crippen LogP) is 1.97. The smallest absolute Gasteiger partial charge is 0.242 e. The van der Waals surface area contributed by atoms with Crippen LogP contribution in [0.15, 0.2) is 36.5 Å². The first-order chi connectivity index (χ1) is 14.7. The Labute approximate surface area is 177 Å². The quantitative estimate of drug-likeness (QED) is 0.495. The second-order valence-electron chi connectivity index (χ2n) is 8.15. The minimum atomic E-state index is 0.148. The van der Waals surface area contributed by atoms with Crippen LogP contribution in [0.2, 0.25) is 0 Å². The third-order valence-electron chi connectivity index (χ3n) is 6.04. The maximum Gasteiger partial charge on any atom is 0.242 e. The van der Waals surface area contributed by atoms with Crippen molar-refractivity contribution in [2.45, 2.75) is 44.8 Å². The molecule has 160 valence electrons. The summed E-state index contributed by atoms with van der Waals surface area (Å²) < 4.78 is 2.14. The molecule has 1 amide bonds. The molecule has 1 aromatic carbocycles. The Bertz CT molecular complexity index is 1010. The zero-order chi connectivity index (χ0) is 20.9. The lowest BCUT2D eigenvalue weighted by atomic mass is 10.1. The van der Waals surface area contributed by atoms with Crippen LogP contribution in [0.3, 0.4) is 0 Å². The average molecular weight is 409 g/mol. The van der Waals surface area contributed by atoms with Crippen molar-refractivity contribution in [3.8, 4) is 0 Å². The van der Waals surface area contributed by atoms with Crippen molar-refractivity contribution in [1.29, 1.82) is 0 Å². The Morgan fingerprint density at radius 3 is 2.73 bits per heavy atom. The number of fused-ring (bicyclic) bond motifs is 3. The first-order valence-electron chi connectivity index (χ1n) is 11.0. The minimum absolute atomic E-state index is 0.148. The van der Waals surface area contributed by atoms with Crippen LogP contribution >= 0.6 is 0 Å². The van der Waals surface area contributed by atoms with Crippen LogP contribution in [-0.4, -0.2) is 52.6 Å². The molecule has 30 heavy (non-hydrogen) atoms. The molecule has 0 aliphatic carbocycles. The highest BCUT2D eigenvalue weighted by Crippen LogP contribution is 2.30. The third-order valence-corrected chi connectivity index (χ3v) is 6.04. The Balaban J connectivity index is 1.65. The van der Waals surface area contributed by atoms with Crippen molar-refractivity contribution < 1.29 is 4.79 Å². The number of pyridine rings is 1. The molecule has 1 saturated heterocycles. The van der Waals surface area contributed by atoms with Crippen LogP contribution in [0.4, 0.5) is 0 Å². The van der Waals surface area contributed by atoms with Gasteiger partial charge in [-0.05, 0) is 50.9 Å². The number of carbonyl (C=O) groups excluding carboxylic acids is 1. The number of aromatic nitrogens is 2. The van der Waals surface area contributed by atoms with Gasteiger partial charge in [-0.25, -0.2) is 0 Å². The molecule has 1 aliphatic rings. The van der Waals surface area contributed by atoms with Gasteiger partial charge in [0.05, 0.1) is 11.2 Å². The Hall–Kier alpha value is -2.48. The van der Waals surface area contributed by atoms with Gasteiger partial charge in [0, 0.05) is 48.2 Å². The fourth-order valence-corrected chi connectivity index (χ4v) is 4.35. The lowest BCUT2D eigenvalue weighted by Gasteiger charge is -2.30. The molecular weight excluding hydrogens is 376 g/mol. The molecule has 7 heteroatoms. The van der Waals surface area contributed by atoms with Gasteiger partial charge >= 0.3 is 0 Å². The summed E-state index contributed by atoms with van der Waals surface area (Å²) >= 11 is 0. The lowest BCUT2D eigenvalue weighted by Crippen LogP contribution is -2.44. The molecule has 0 unspecified atom stereocenters. The van der Waals surface area contributed by atoms with Gasteiger partial charge in [-0.2, -0.15) is 0 Å². The van der Waals surface area contributed by atoms with Crippen molar-refractivity contribution in [2.75, 3.05) is 26.2 Å². The number of hydrogen-bond acceptors (Lipinski definition) is 5. The average Bonchev–Trinajstić information content (AvgIpc) is 3.09. The van der Waals surface area contributed by atoms with E-state index in [-0.39, 0.29) is 11.9 Å². The number of likely N-dealkylation sites (tertiary alicyclic amines) is 1. The van der Waals surface area contributed by atoms with E-state index in [2.05, 4.69) is 33.1 Å². The summed E-state index contributed by atoms with van der Waals surface area (Å²) in [7, 11) is 0. The highest BCUT2D eigenvalue weighted by atomic mass is 16.2. The molecule has 0 bridgehead atoms. The maximum absolute atomic E-state index is 13.1. The van der Waals surface area contributed by atoms with E-state index in [0.29, 0.717) is 19.6 Å². The summed E-state index contributed by atoms with van der Waals surface area (Å²) in [5.41, 5.74) is 14.7. The molecule has 3 aromatic rings. The van der Waals surface area contributed by atoms with Gasteiger partial charge in [0.15, 0.2) is 0 Å². The number of carbonyl (C=O) groups is 1. The van der Waals surface area contributed by atoms with Gasteiger partial charge in [0.2, 0.25) is 5.91 Å². The van der Waals surface area contributed by atoms with Gasteiger partial charge in [0.25, 0.3) is 0 Å². The molecule has 2 aromatic heterocycles. The lowest BCUT2D eigenvalue weighted by molar-refractivity contribution is -0.132. The van der Waals surface area contributed by atoms with Gasteiger partial charge < -0.3 is 26.3 Å². The standard InChI is InChI=1S/C23H32N6O/c24-10-3-4-11-26-15-20-23-19(7-12-27-20)18-5-1-2-6-21(18)29(23)16-22(30)28-13-8-17(25)9-14-28/h1-2,5-7,12,17,26H,3-4,8-11,13-16,24-25H2. The van der Waals surface area contributed by atoms with E-state index in [1.165, 1.54) is 0 Å². The van der Waals surface area contributed by atoms with Crippen LogP contribution < -0.4 is 16.8 Å². The molecule has 4 rings (SSSR count). The maximum atomic E-state index is 13.1. The van der Waals surface area contributed by atoms with Crippen molar-refractivity contribution in [2.24, 2.45) is 11.5 Å².